The van der Waals surface area contributed by atoms with Crippen molar-refractivity contribution in [3.8, 4) is 5.75 Å². The van der Waals surface area contributed by atoms with E-state index in [0.717, 1.165) is 30.9 Å². The van der Waals surface area contributed by atoms with Crippen molar-refractivity contribution >= 4 is 11.8 Å². The molecule has 1 aliphatic heterocycles. The minimum absolute atomic E-state index is 0.0163. The number of ether oxygens (including phenoxy) is 1. The largest absolute Gasteiger partial charge is 0.484 e. The highest BCUT2D eigenvalue weighted by Crippen LogP contribution is 2.27. The second-order valence-electron chi connectivity index (χ2n) is 8.37. The van der Waals surface area contributed by atoms with Gasteiger partial charge in [-0.2, -0.15) is 0 Å². The Bertz CT molecular complexity index is 630. The summed E-state index contributed by atoms with van der Waals surface area (Å²) in [5.41, 5.74) is 1.17. The van der Waals surface area contributed by atoms with Crippen molar-refractivity contribution in [2.45, 2.75) is 70.8 Å². The van der Waals surface area contributed by atoms with Gasteiger partial charge in [0.15, 0.2) is 6.61 Å². The number of likely N-dealkylation sites (tertiary alicyclic amines) is 1. The van der Waals surface area contributed by atoms with Crippen molar-refractivity contribution in [3.05, 3.63) is 29.8 Å². The summed E-state index contributed by atoms with van der Waals surface area (Å²) in [4.78, 5) is 26.4. The quantitative estimate of drug-likeness (QED) is 0.774. The summed E-state index contributed by atoms with van der Waals surface area (Å²) in [6, 6.07) is 7.92. The predicted octanol–water partition coefficient (Wildman–Crippen LogP) is 3.84. The highest BCUT2D eigenvalue weighted by Gasteiger charge is 2.24. The first kappa shape index (κ1) is 20.7. The predicted molar refractivity (Wildman–Crippen MR) is 110 cm³/mol. The molecule has 0 aromatic heterocycles. The van der Waals surface area contributed by atoms with Crippen molar-refractivity contribution in [3.63, 3.8) is 0 Å². The van der Waals surface area contributed by atoms with E-state index in [1.807, 2.05) is 36.1 Å². The maximum Gasteiger partial charge on any atom is 0.260 e. The lowest BCUT2D eigenvalue weighted by Crippen LogP contribution is -2.47. The Morgan fingerprint density at radius 3 is 2.39 bits per heavy atom. The van der Waals surface area contributed by atoms with E-state index in [2.05, 4.69) is 5.32 Å². The molecule has 2 aliphatic rings. The van der Waals surface area contributed by atoms with Crippen molar-refractivity contribution < 1.29 is 14.3 Å². The van der Waals surface area contributed by atoms with Crippen LogP contribution in [0, 0.1) is 12.8 Å². The van der Waals surface area contributed by atoms with Gasteiger partial charge < -0.3 is 15.0 Å². The van der Waals surface area contributed by atoms with E-state index in [9.17, 15) is 9.59 Å². The topological polar surface area (TPSA) is 58.6 Å². The van der Waals surface area contributed by atoms with E-state index in [1.165, 1.54) is 37.7 Å². The van der Waals surface area contributed by atoms with Gasteiger partial charge in [0.25, 0.3) is 5.91 Å². The van der Waals surface area contributed by atoms with Crippen molar-refractivity contribution in [1.29, 1.82) is 0 Å². The van der Waals surface area contributed by atoms with Crippen LogP contribution in [0.15, 0.2) is 24.3 Å². The Kier molecular flexibility index (Phi) is 7.75. The van der Waals surface area contributed by atoms with Crippen LogP contribution in [0.1, 0.15) is 63.4 Å². The number of piperidine rings is 1. The molecule has 1 aliphatic carbocycles. The highest BCUT2D eigenvalue weighted by atomic mass is 16.5. The number of nitrogens with one attached hydrogen (secondary N) is 1. The van der Waals surface area contributed by atoms with Crippen molar-refractivity contribution in [1.82, 2.24) is 10.2 Å². The summed E-state index contributed by atoms with van der Waals surface area (Å²) >= 11 is 0. The molecular formula is C23H34N2O3. The van der Waals surface area contributed by atoms with Gasteiger partial charge in [0.2, 0.25) is 5.91 Å². The summed E-state index contributed by atoms with van der Waals surface area (Å²) in [7, 11) is 0. The van der Waals surface area contributed by atoms with Crippen molar-refractivity contribution in [2.24, 2.45) is 5.92 Å². The molecule has 5 heteroatoms. The van der Waals surface area contributed by atoms with Crippen LogP contribution in [0.3, 0.4) is 0 Å². The summed E-state index contributed by atoms with van der Waals surface area (Å²) in [6.07, 6.45) is 9.91. The Morgan fingerprint density at radius 2 is 1.71 bits per heavy atom. The van der Waals surface area contributed by atoms with Gasteiger partial charge in [0, 0.05) is 25.6 Å². The van der Waals surface area contributed by atoms with E-state index in [0.29, 0.717) is 19.5 Å². The second-order valence-corrected chi connectivity index (χ2v) is 8.37. The minimum atomic E-state index is 0.0163. The van der Waals surface area contributed by atoms with Gasteiger partial charge in [-0.15, -0.1) is 0 Å². The van der Waals surface area contributed by atoms with Crippen LogP contribution < -0.4 is 10.1 Å². The molecule has 1 N–H and O–H groups in total. The zero-order valence-electron chi connectivity index (χ0n) is 17.1. The first-order valence-corrected chi connectivity index (χ1v) is 10.9. The lowest BCUT2D eigenvalue weighted by molar-refractivity contribution is -0.134. The van der Waals surface area contributed by atoms with Gasteiger partial charge >= 0.3 is 0 Å². The van der Waals surface area contributed by atoms with Crippen LogP contribution >= 0.6 is 0 Å². The van der Waals surface area contributed by atoms with Gasteiger partial charge in [0.1, 0.15) is 5.75 Å². The van der Waals surface area contributed by atoms with Crippen molar-refractivity contribution in [2.75, 3.05) is 19.7 Å². The normalized spacial score (nSPS) is 18.7. The fourth-order valence-corrected chi connectivity index (χ4v) is 4.25. The molecule has 0 radical (unpaired) electrons. The van der Waals surface area contributed by atoms with Crippen LogP contribution in [0.5, 0.6) is 5.75 Å². The molecule has 154 valence electrons. The standard InChI is InChI=1S/C23H34N2O3/c1-18-7-10-21(11-8-18)28-17-23(27)25-15-13-20(14-16-25)24-22(26)12-9-19-5-3-2-4-6-19/h7-8,10-11,19-20H,2-6,9,12-17H2,1H3,(H,24,26). The Balaban J connectivity index is 1.31. The maximum absolute atomic E-state index is 12.4. The monoisotopic (exact) mass is 386 g/mol. The fourth-order valence-electron chi connectivity index (χ4n) is 4.25. The Labute approximate surface area is 168 Å². The van der Waals surface area contributed by atoms with E-state index >= 15 is 0 Å². The molecule has 1 aromatic rings. The molecule has 0 atom stereocenters. The number of amides is 2. The van der Waals surface area contributed by atoms with Gasteiger partial charge in [-0.25, -0.2) is 0 Å². The summed E-state index contributed by atoms with van der Waals surface area (Å²) in [6.45, 7) is 3.46. The smallest absolute Gasteiger partial charge is 0.260 e. The van der Waals surface area contributed by atoms with Crippen LogP contribution in [-0.2, 0) is 9.59 Å². The minimum Gasteiger partial charge on any atom is -0.484 e. The molecule has 2 amide bonds. The average Bonchev–Trinajstić information content (AvgIpc) is 2.73. The zero-order chi connectivity index (χ0) is 19.8. The summed E-state index contributed by atoms with van der Waals surface area (Å²) < 4.78 is 5.60. The Morgan fingerprint density at radius 1 is 1.04 bits per heavy atom. The molecule has 28 heavy (non-hydrogen) atoms. The SMILES string of the molecule is Cc1ccc(OCC(=O)N2CCC(NC(=O)CCC3CCCCC3)CC2)cc1. The first-order chi connectivity index (χ1) is 13.6. The number of carbonyl (C=O) groups is 2. The Hall–Kier alpha value is -2.04. The highest BCUT2D eigenvalue weighted by molar-refractivity contribution is 5.78. The fraction of sp³-hybridized carbons (Fsp3) is 0.652. The second kappa shape index (κ2) is 10.5. The van der Waals surface area contributed by atoms with E-state index in [-0.39, 0.29) is 24.5 Å². The number of hydrogen-bond acceptors (Lipinski definition) is 3. The van der Waals surface area contributed by atoms with E-state index in [1.54, 1.807) is 0 Å². The molecule has 1 saturated heterocycles. The molecular weight excluding hydrogens is 352 g/mol. The van der Waals surface area contributed by atoms with Crippen LogP contribution in [0.25, 0.3) is 0 Å². The van der Waals surface area contributed by atoms with Gasteiger partial charge in [-0.05, 0) is 44.2 Å². The molecule has 1 saturated carbocycles. The molecule has 3 rings (SSSR count). The lowest BCUT2D eigenvalue weighted by Gasteiger charge is -2.32. The number of benzene rings is 1. The van der Waals surface area contributed by atoms with Gasteiger partial charge in [-0.1, -0.05) is 49.8 Å². The molecule has 2 fully saturated rings. The van der Waals surface area contributed by atoms with Crippen LogP contribution in [0.4, 0.5) is 0 Å². The average molecular weight is 387 g/mol. The summed E-state index contributed by atoms with van der Waals surface area (Å²) in [5.74, 6) is 1.66. The van der Waals surface area contributed by atoms with Crippen LogP contribution in [0.2, 0.25) is 0 Å². The summed E-state index contributed by atoms with van der Waals surface area (Å²) in [5, 5.41) is 3.17. The molecule has 0 spiro atoms. The van der Waals surface area contributed by atoms with Crippen LogP contribution in [-0.4, -0.2) is 42.5 Å². The molecule has 0 unspecified atom stereocenters. The zero-order valence-corrected chi connectivity index (χ0v) is 17.1. The first-order valence-electron chi connectivity index (χ1n) is 10.9. The number of nitrogens with zero attached hydrogens (tertiary/aromatic N) is 1. The van der Waals surface area contributed by atoms with E-state index < -0.39 is 0 Å². The number of hydrogen-bond donors (Lipinski definition) is 1. The molecule has 5 nitrogen and oxygen atoms in total. The number of carbonyl (C=O) groups excluding carboxylic acids is 2. The number of aryl methyl sites for hydroxylation is 1. The molecule has 1 aromatic carbocycles. The van der Waals surface area contributed by atoms with Gasteiger partial charge in [0.05, 0.1) is 0 Å². The third kappa shape index (κ3) is 6.54. The maximum atomic E-state index is 12.4. The lowest BCUT2D eigenvalue weighted by atomic mass is 9.86. The molecule has 0 bridgehead atoms. The third-order valence-electron chi connectivity index (χ3n) is 6.10. The van der Waals surface area contributed by atoms with E-state index in [4.69, 9.17) is 4.74 Å². The van der Waals surface area contributed by atoms with Gasteiger partial charge in [-0.3, -0.25) is 9.59 Å². The third-order valence-corrected chi connectivity index (χ3v) is 6.10. The molecule has 1 heterocycles. The number of rotatable bonds is 7.